The van der Waals surface area contributed by atoms with E-state index in [0.717, 1.165) is 34.9 Å². The molecule has 3 rings (SSSR count). The zero-order valence-electron chi connectivity index (χ0n) is 16.2. The predicted molar refractivity (Wildman–Crippen MR) is 107 cm³/mol. The van der Waals surface area contributed by atoms with Gasteiger partial charge in [0.1, 0.15) is 0 Å². The summed E-state index contributed by atoms with van der Waals surface area (Å²) in [5, 5.41) is 3.63. The molecule has 0 bridgehead atoms. The highest BCUT2D eigenvalue weighted by atomic mass is 32.1. The Morgan fingerprint density at radius 1 is 1.35 bits per heavy atom. The Morgan fingerprint density at radius 2 is 2.08 bits per heavy atom. The van der Waals surface area contributed by atoms with E-state index in [2.05, 4.69) is 19.2 Å². The van der Waals surface area contributed by atoms with Crippen molar-refractivity contribution < 1.29 is 9.53 Å². The average Bonchev–Trinajstić information content (AvgIpc) is 2.58. The highest BCUT2D eigenvalue weighted by molar-refractivity contribution is 7.18. The Labute approximate surface area is 158 Å². The second-order valence-electron chi connectivity index (χ2n) is 8.53. The van der Waals surface area contributed by atoms with Crippen molar-refractivity contribution in [1.29, 1.82) is 0 Å². The number of fused-ring (bicyclic) bond motifs is 2. The minimum absolute atomic E-state index is 0.136. The van der Waals surface area contributed by atoms with Gasteiger partial charge in [0.05, 0.1) is 5.60 Å². The van der Waals surface area contributed by atoms with Gasteiger partial charge >= 0.3 is 0 Å². The first-order valence-corrected chi connectivity index (χ1v) is 9.85. The van der Waals surface area contributed by atoms with Crippen LogP contribution in [-0.4, -0.2) is 25.2 Å². The number of hydrogen-bond donors (Lipinski definition) is 1. The third-order valence-corrected chi connectivity index (χ3v) is 6.45. The van der Waals surface area contributed by atoms with Gasteiger partial charge in [0.15, 0.2) is 5.43 Å². The fourth-order valence-electron chi connectivity index (χ4n) is 3.27. The zero-order valence-corrected chi connectivity index (χ0v) is 17.0. The van der Waals surface area contributed by atoms with Crippen LogP contribution in [0.5, 0.6) is 0 Å². The molecule has 0 unspecified atom stereocenters. The minimum Gasteiger partial charge on any atom is -0.377 e. The fourth-order valence-corrected chi connectivity index (χ4v) is 4.77. The molecule has 0 saturated heterocycles. The lowest BCUT2D eigenvalue weighted by Crippen LogP contribution is -2.39. The van der Waals surface area contributed by atoms with Crippen molar-refractivity contribution in [3.05, 3.63) is 44.4 Å². The largest absolute Gasteiger partial charge is 0.377 e. The lowest BCUT2D eigenvalue weighted by Gasteiger charge is -2.30. The smallest absolute Gasteiger partial charge is 0.251 e. The van der Waals surface area contributed by atoms with Crippen LogP contribution in [0.15, 0.2) is 23.0 Å². The maximum absolute atomic E-state index is 12.9. The number of methoxy groups -OCH3 is 1. The third kappa shape index (κ3) is 3.84. The van der Waals surface area contributed by atoms with Crippen LogP contribution in [0.1, 0.15) is 54.9 Å². The minimum atomic E-state index is -0.415. The topological polar surface area (TPSA) is 55.4 Å². The molecule has 1 amide bonds. The molecule has 0 fully saturated rings. The Balaban J connectivity index is 1.94. The third-order valence-electron chi connectivity index (χ3n) is 5.25. The van der Waals surface area contributed by atoms with E-state index in [1.54, 1.807) is 30.6 Å². The molecule has 1 aromatic carbocycles. The lowest BCUT2D eigenvalue weighted by atomic mass is 9.77. The van der Waals surface area contributed by atoms with Gasteiger partial charge in [-0.2, -0.15) is 0 Å². The van der Waals surface area contributed by atoms with Gasteiger partial charge < -0.3 is 10.1 Å². The van der Waals surface area contributed by atoms with E-state index >= 15 is 0 Å². The second kappa shape index (κ2) is 6.78. The standard InChI is InChI=1S/C21H27NO3S/c1-20(2)9-8-15-17(11-20)26-16-10-13(6-7-14(16)18(15)23)19(24)22-12-21(3,4)25-5/h6-7,10H,8-9,11-12H2,1-5H3,(H,22,24). The Kier molecular flexibility index (Phi) is 4.97. The van der Waals surface area contributed by atoms with Crippen molar-refractivity contribution in [1.82, 2.24) is 5.32 Å². The lowest BCUT2D eigenvalue weighted by molar-refractivity contribution is 0.0229. The van der Waals surface area contributed by atoms with Gasteiger partial charge in [-0.15, -0.1) is 11.3 Å². The molecule has 2 aromatic rings. The van der Waals surface area contributed by atoms with Crippen LogP contribution in [0.2, 0.25) is 0 Å². The number of nitrogens with one attached hydrogen (secondary N) is 1. The van der Waals surface area contributed by atoms with E-state index in [4.69, 9.17) is 4.74 Å². The van der Waals surface area contributed by atoms with Gasteiger partial charge in [-0.25, -0.2) is 0 Å². The van der Waals surface area contributed by atoms with Crippen molar-refractivity contribution in [3.63, 3.8) is 0 Å². The number of rotatable bonds is 4. The van der Waals surface area contributed by atoms with Crippen LogP contribution in [0, 0.1) is 5.41 Å². The average molecular weight is 374 g/mol. The van der Waals surface area contributed by atoms with Gasteiger partial charge in [0, 0.05) is 39.7 Å². The van der Waals surface area contributed by atoms with Crippen molar-refractivity contribution in [2.75, 3.05) is 13.7 Å². The Bertz CT molecular complexity index is 911. The first kappa shape index (κ1) is 19.1. The fraction of sp³-hybridized carbons (Fsp3) is 0.524. The Morgan fingerprint density at radius 3 is 2.77 bits per heavy atom. The number of ether oxygens (including phenoxy) is 1. The van der Waals surface area contributed by atoms with E-state index in [1.807, 2.05) is 19.9 Å². The molecule has 4 nitrogen and oxygen atoms in total. The SMILES string of the molecule is COC(C)(C)CNC(=O)c1ccc2c(=O)c3c(sc2c1)CC(C)(C)CC3. The number of benzene rings is 1. The second-order valence-corrected chi connectivity index (χ2v) is 9.67. The molecule has 0 aliphatic heterocycles. The number of carbonyl (C=O) groups is 1. The molecule has 0 atom stereocenters. The molecule has 0 radical (unpaired) electrons. The maximum Gasteiger partial charge on any atom is 0.251 e. The molecule has 1 aliphatic carbocycles. The summed E-state index contributed by atoms with van der Waals surface area (Å²) in [7, 11) is 1.63. The molecular weight excluding hydrogens is 346 g/mol. The molecule has 0 spiro atoms. The van der Waals surface area contributed by atoms with Crippen LogP contribution >= 0.6 is 11.3 Å². The summed E-state index contributed by atoms with van der Waals surface area (Å²) < 4.78 is 6.23. The summed E-state index contributed by atoms with van der Waals surface area (Å²) in [5.41, 5.74) is 1.50. The van der Waals surface area contributed by atoms with Crippen LogP contribution in [0.25, 0.3) is 10.1 Å². The van der Waals surface area contributed by atoms with Crippen molar-refractivity contribution in [3.8, 4) is 0 Å². The summed E-state index contributed by atoms with van der Waals surface area (Å²) in [4.78, 5) is 26.5. The molecule has 26 heavy (non-hydrogen) atoms. The van der Waals surface area contributed by atoms with E-state index in [1.165, 1.54) is 4.88 Å². The molecule has 1 aromatic heterocycles. The van der Waals surface area contributed by atoms with Crippen LogP contribution in [0.3, 0.4) is 0 Å². The highest BCUT2D eigenvalue weighted by Gasteiger charge is 2.28. The quantitative estimate of drug-likeness (QED) is 0.883. The van der Waals surface area contributed by atoms with Gasteiger partial charge in [-0.05, 0) is 56.7 Å². The predicted octanol–water partition coefficient (Wildman–Crippen LogP) is 3.93. The molecule has 140 valence electrons. The van der Waals surface area contributed by atoms with Gasteiger partial charge in [-0.3, -0.25) is 9.59 Å². The van der Waals surface area contributed by atoms with Crippen molar-refractivity contribution in [2.24, 2.45) is 5.41 Å². The van der Waals surface area contributed by atoms with E-state index in [9.17, 15) is 9.59 Å². The molecule has 0 saturated carbocycles. The first-order chi connectivity index (χ1) is 12.1. The Hall–Kier alpha value is -1.72. The van der Waals surface area contributed by atoms with Crippen LogP contribution in [-0.2, 0) is 17.6 Å². The van der Waals surface area contributed by atoms with E-state index < -0.39 is 5.60 Å². The summed E-state index contributed by atoms with van der Waals surface area (Å²) in [6, 6.07) is 5.38. The van der Waals surface area contributed by atoms with E-state index in [0.29, 0.717) is 12.1 Å². The van der Waals surface area contributed by atoms with Gasteiger partial charge in [0.25, 0.3) is 5.91 Å². The summed E-state index contributed by atoms with van der Waals surface area (Å²) in [6.45, 7) is 8.77. The normalized spacial score (nSPS) is 16.3. The number of amides is 1. The van der Waals surface area contributed by atoms with Gasteiger partial charge in [0.2, 0.25) is 0 Å². The molecule has 1 aliphatic rings. The van der Waals surface area contributed by atoms with Crippen LogP contribution in [0.4, 0.5) is 0 Å². The molecule has 1 heterocycles. The number of hydrogen-bond acceptors (Lipinski definition) is 4. The summed E-state index contributed by atoms with van der Waals surface area (Å²) >= 11 is 1.66. The molecular formula is C21H27NO3S. The van der Waals surface area contributed by atoms with Crippen molar-refractivity contribution >= 4 is 27.3 Å². The zero-order chi connectivity index (χ0) is 19.1. The van der Waals surface area contributed by atoms with E-state index in [-0.39, 0.29) is 16.8 Å². The monoisotopic (exact) mass is 373 g/mol. The molecule has 1 N–H and O–H groups in total. The number of carbonyl (C=O) groups excluding carboxylic acids is 1. The first-order valence-electron chi connectivity index (χ1n) is 9.04. The van der Waals surface area contributed by atoms with Crippen molar-refractivity contribution in [2.45, 2.75) is 52.6 Å². The summed E-state index contributed by atoms with van der Waals surface area (Å²) in [6.07, 6.45) is 2.82. The van der Waals surface area contributed by atoms with Crippen LogP contribution < -0.4 is 10.7 Å². The maximum atomic E-state index is 12.9. The molecule has 5 heteroatoms. The summed E-state index contributed by atoms with van der Waals surface area (Å²) in [5.74, 6) is -0.144. The highest BCUT2D eigenvalue weighted by Crippen LogP contribution is 2.37. The van der Waals surface area contributed by atoms with Gasteiger partial charge in [-0.1, -0.05) is 13.8 Å².